The zero-order valence-corrected chi connectivity index (χ0v) is 6.87. The van der Waals surface area contributed by atoms with E-state index in [9.17, 15) is 9.90 Å². The number of aromatic hydroxyl groups is 2. The molecule has 13 heavy (non-hydrogen) atoms. The van der Waals surface area contributed by atoms with Crippen LogP contribution in [0.5, 0.6) is 11.5 Å². The van der Waals surface area contributed by atoms with Crippen molar-refractivity contribution in [1.82, 2.24) is 0 Å². The van der Waals surface area contributed by atoms with Gasteiger partial charge in [0, 0.05) is 6.07 Å². The molecule has 1 aromatic carbocycles. The van der Waals surface area contributed by atoms with Crippen molar-refractivity contribution in [2.75, 3.05) is 7.04 Å². The molecule has 0 aromatic heterocycles. The standard InChI is InChI=1S/C9H10O4/c1-5-3-6(10)4-7(11)8(5)9(12)13-2/h3-4,10-11H,1-2H3/i2D3. The van der Waals surface area contributed by atoms with Crippen LogP contribution in [-0.2, 0) is 4.74 Å². The Bertz CT molecular complexity index is 402. The van der Waals surface area contributed by atoms with Gasteiger partial charge in [-0.1, -0.05) is 0 Å². The van der Waals surface area contributed by atoms with Gasteiger partial charge in [0.15, 0.2) is 0 Å². The van der Waals surface area contributed by atoms with Crippen LogP contribution in [0.2, 0.25) is 0 Å². The molecule has 0 bridgehead atoms. The predicted octanol–water partition coefficient (Wildman–Crippen LogP) is 1.19. The summed E-state index contributed by atoms with van der Waals surface area (Å²) in [5.74, 6) is -1.90. The van der Waals surface area contributed by atoms with Crippen LogP contribution in [0, 0.1) is 6.92 Å². The van der Waals surface area contributed by atoms with E-state index in [1.54, 1.807) is 0 Å². The van der Waals surface area contributed by atoms with Gasteiger partial charge in [-0.05, 0) is 18.6 Å². The normalized spacial score (nSPS) is 14.1. The minimum absolute atomic E-state index is 0.222. The molecule has 0 saturated carbocycles. The number of esters is 1. The summed E-state index contributed by atoms with van der Waals surface area (Å²) in [4.78, 5) is 11.4. The van der Waals surface area contributed by atoms with Crippen molar-refractivity contribution in [2.24, 2.45) is 0 Å². The Morgan fingerprint density at radius 2 is 2.23 bits per heavy atom. The van der Waals surface area contributed by atoms with E-state index in [1.807, 2.05) is 0 Å². The van der Waals surface area contributed by atoms with Gasteiger partial charge in [0.05, 0.1) is 11.2 Å². The molecule has 0 unspecified atom stereocenters. The van der Waals surface area contributed by atoms with Crippen molar-refractivity contribution in [2.45, 2.75) is 6.92 Å². The highest BCUT2D eigenvalue weighted by atomic mass is 16.5. The highest BCUT2D eigenvalue weighted by molar-refractivity contribution is 5.94. The first-order valence-electron chi connectivity index (χ1n) is 4.96. The summed E-state index contributed by atoms with van der Waals surface area (Å²) in [7, 11) is -2.87. The van der Waals surface area contributed by atoms with Crippen molar-refractivity contribution in [1.29, 1.82) is 0 Å². The zero-order valence-electron chi connectivity index (χ0n) is 9.87. The number of hydrogen-bond acceptors (Lipinski definition) is 4. The lowest BCUT2D eigenvalue weighted by molar-refractivity contribution is 0.0596. The van der Waals surface area contributed by atoms with E-state index in [-0.39, 0.29) is 16.9 Å². The summed E-state index contributed by atoms with van der Waals surface area (Å²) in [6.07, 6.45) is 0. The molecule has 0 atom stereocenters. The highest BCUT2D eigenvalue weighted by Crippen LogP contribution is 2.26. The van der Waals surface area contributed by atoms with Crippen LogP contribution in [0.1, 0.15) is 20.0 Å². The number of phenols is 2. The highest BCUT2D eigenvalue weighted by Gasteiger charge is 2.15. The third-order valence-electron chi connectivity index (χ3n) is 1.60. The third kappa shape index (κ3) is 1.72. The Morgan fingerprint density at radius 3 is 2.77 bits per heavy atom. The quantitative estimate of drug-likeness (QED) is 0.645. The van der Waals surface area contributed by atoms with Crippen molar-refractivity contribution < 1.29 is 23.9 Å². The molecule has 2 N–H and O–H groups in total. The molecule has 0 aliphatic rings. The first-order valence-corrected chi connectivity index (χ1v) is 3.46. The van der Waals surface area contributed by atoms with Crippen LogP contribution in [0.25, 0.3) is 0 Å². The topological polar surface area (TPSA) is 66.8 Å². The molecule has 0 aliphatic carbocycles. The number of benzene rings is 1. The average molecular weight is 185 g/mol. The fourth-order valence-electron chi connectivity index (χ4n) is 1.07. The minimum Gasteiger partial charge on any atom is -0.508 e. The van der Waals surface area contributed by atoms with Gasteiger partial charge in [-0.3, -0.25) is 0 Å². The van der Waals surface area contributed by atoms with Gasteiger partial charge < -0.3 is 14.9 Å². The number of methoxy groups -OCH3 is 1. The van der Waals surface area contributed by atoms with Crippen LogP contribution in [0.4, 0.5) is 0 Å². The molecule has 0 saturated heterocycles. The van der Waals surface area contributed by atoms with Crippen LogP contribution < -0.4 is 0 Å². The maximum Gasteiger partial charge on any atom is 0.341 e. The SMILES string of the molecule is [2H]C([2H])([2H])OC(=O)c1c(C)cc(O)cc1O. The summed E-state index contributed by atoms with van der Waals surface area (Å²) in [6, 6.07) is 2.15. The summed E-state index contributed by atoms with van der Waals surface area (Å²) in [5, 5.41) is 18.5. The molecule has 4 heteroatoms. The first kappa shape index (κ1) is 5.85. The van der Waals surface area contributed by atoms with Gasteiger partial charge in [0.25, 0.3) is 0 Å². The summed E-state index contributed by atoms with van der Waals surface area (Å²) >= 11 is 0. The molecular formula is C9H10O4. The van der Waals surface area contributed by atoms with Crippen LogP contribution >= 0.6 is 0 Å². The van der Waals surface area contributed by atoms with Crippen molar-refractivity contribution in [3.05, 3.63) is 23.3 Å². The molecule has 0 amide bonds. The van der Waals surface area contributed by atoms with Crippen molar-refractivity contribution >= 4 is 5.97 Å². The van der Waals surface area contributed by atoms with Gasteiger partial charge >= 0.3 is 5.97 Å². The maximum atomic E-state index is 11.4. The predicted molar refractivity (Wildman–Crippen MR) is 45.8 cm³/mol. The van der Waals surface area contributed by atoms with Gasteiger partial charge in [0.1, 0.15) is 17.1 Å². The van der Waals surface area contributed by atoms with Gasteiger partial charge in [-0.2, -0.15) is 0 Å². The largest absolute Gasteiger partial charge is 0.508 e. The van der Waals surface area contributed by atoms with E-state index in [0.29, 0.717) is 0 Å². The lowest BCUT2D eigenvalue weighted by Crippen LogP contribution is -2.03. The van der Waals surface area contributed by atoms with Gasteiger partial charge in [-0.15, -0.1) is 0 Å². The number of carbonyl (C=O) groups is 1. The number of rotatable bonds is 1. The molecule has 1 aromatic rings. The van der Waals surface area contributed by atoms with Crippen molar-refractivity contribution in [3.8, 4) is 11.5 Å². The lowest BCUT2D eigenvalue weighted by atomic mass is 10.1. The second-order valence-corrected chi connectivity index (χ2v) is 2.55. The summed E-state index contributed by atoms with van der Waals surface area (Å²) < 4.78 is 24.4. The zero-order chi connectivity index (χ0) is 12.5. The Hall–Kier alpha value is -1.71. The van der Waals surface area contributed by atoms with E-state index >= 15 is 0 Å². The van der Waals surface area contributed by atoms with E-state index in [0.717, 1.165) is 6.07 Å². The molecule has 0 aliphatic heterocycles. The lowest BCUT2D eigenvalue weighted by Gasteiger charge is -2.06. The van der Waals surface area contributed by atoms with Crippen LogP contribution in [0.3, 0.4) is 0 Å². The van der Waals surface area contributed by atoms with E-state index in [4.69, 9.17) is 9.22 Å². The number of hydrogen-bond donors (Lipinski definition) is 2. The Morgan fingerprint density at radius 1 is 1.54 bits per heavy atom. The molecule has 70 valence electrons. The number of ether oxygens (including phenoxy) is 1. The molecule has 1 rings (SSSR count). The number of aryl methyl sites for hydroxylation is 1. The molecule has 0 radical (unpaired) electrons. The van der Waals surface area contributed by atoms with Gasteiger partial charge in [-0.25, -0.2) is 4.79 Å². The van der Waals surface area contributed by atoms with Crippen LogP contribution in [0.15, 0.2) is 12.1 Å². The third-order valence-corrected chi connectivity index (χ3v) is 1.60. The Kier molecular flexibility index (Phi) is 1.51. The fourth-order valence-corrected chi connectivity index (χ4v) is 1.07. The second-order valence-electron chi connectivity index (χ2n) is 2.55. The Labute approximate surface area is 79.6 Å². The summed E-state index contributed by atoms with van der Waals surface area (Å²) in [5.41, 5.74) is -0.0410. The molecule has 0 fully saturated rings. The summed E-state index contributed by atoms with van der Waals surface area (Å²) in [6.45, 7) is 1.44. The first-order chi connectivity index (χ1) is 7.20. The van der Waals surface area contributed by atoms with Crippen molar-refractivity contribution in [3.63, 3.8) is 0 Å². The minimum atomic E-state index is -2.87. The molecular weight excluding hydrogens is 172 g/mol. The number of phenolic OH excluding ortho intramolecular Hbond substituents is 2. The van der Waals surface area contributed by atoms with E-state index in [2.05, 4.69) is 4.74 Å². The average Bonchev–Trinajstić information content (AvgIpc) is 1.96. The smallest absolute Gasteiger partial charge is 0.341 e. The maximum absolute atomic E-state index is 11.4. The molecule has 4 nitrogen and oxygen atoms in total. The van der Waals surface area contributed by atoms with Crippen LogP contribution in [-0.4, -0.2) is 23.2 Å². The second kappa shape index (κ2) is 3.35. The fraction of sp³-hybridized carbons (Fsp3) is 0.222. The van der Waals surface area contributed by atoms with E-state index in [1.165, 1.54) is 13.0 Å². The molecule has 0 heterocycles. The van der Waals surface area contributed by atoms with E-state index < -0.39 is 18.8 Å². The molecule has 0 spiro atoms. The monoisotopic (exact) mass is 185 g/mol. The Balaban J connectivity index is 3.10. The number of carbonyl (C=O) groups excluding carboxylic acids is 1. The van der Waals surface area contributed by atoms with Gasteiger partial charge in [0.2, 0.25) is 0 Å².